The second kappa shape index (κ2) is 9.03. The molecule has 0 aliphatic carbocycles. The molecule has 2 saturated heterocycles. The van der Waals surface area contributed by atoms with Crippen molar-refractivity contribution < 1.29 is 17.9 Å². The zero-order chi connectivity index (χ0) is 20.3. The minimum Gasteiger partial charge on any atom is -0.379 e. The van der Waals surface area contributed by atoms with Crippen molar-refractivity contribution in [3.8, 4) is 0 Å². The summed E-state index contributed by atoms with van der Waals surface area (Å²) in [6, 6.07) is 7.11. The van der Waals surface area contributed by atoms with E-state index >= 15 is 0 Å². The van der Waals surface area contributed by atoms with Crippen molar-refractivity contribution in [1.29, 1.82) is 0 Å². The number of aliphatic imine (C=N–C) groups is 1. The molecule has 1 aromatic rings. The molecule has 4 rings (SSSR count). The Hall–Kier alpha value is -1.62. The summed E-state index contributed by atoms with van der Waals surface area (Å²) >= 11 is 1.48. The van der Waals surface area contributed by atoms with E-state index in [0.29, 0.717) is 12.1 Å². The highest BCUT2D eigenvalue weighted by Gasteiger charge is 2.42. The van der Waals surface area contributed by atoms with Gasteiger partial charge in [-0.25, -0.2) is 8.42 Å². The zero-order valence-corrected chi connectivity index (χ0v) is 17.8. The lowest BCUT2D eigenvalue weighted by Crippen LogP contribution is -2.38. The van der Waals surface area contributed by atoms with E-state index in [-0.39, 0.29) is 28.7 Å². The summed E-state index contributed by atoms with van der Waals surface area (Å²) < 4.78 is 28.6. The Morgan fingerprint density at radius 2 is 1.97 bits per heavy atom. The number of carbonyl (C=O) groups is 1. The van der Waals surface area contributed by atoms with E-state index in [1.807, 2.05) is 12.1 Å². The van der Waals surface area contributed by atoms with Crippen molar-refractivity contribution >= 4 is 38.4 Å². The fourth-order valence-electron chi connectivity index (χ4n) is 3.68. The number of anilines is 1. The van der Waals surface area contributed by atoms with Crippen LogP contribution in [0.15, 0.2) is 29.3 Å². The minimum absolute atomic E-state index is 0.0185. The number of hydrogen-bond acceptors (Lipinski definition) is 8. The smallest absolute Gasteiger partial charge is 0.251 e. The number of thioether (sulfide) groups is 1. The molecule has 0 bridgehead atoms. The maximum Gasteiger partial charge on any atom is 0.251 e. The van der Waals surface area contributed by atoms with Gasteiger partial charge < -0.3 is 15.4 Å². The van der Waals surface area contributed by atoms with Crippen LogP contribution in [-0.2, 0) is 14.6 Å². The first-order valence-corrected chi connectivity index (χ1v) is 12.6. The van der Waals surface area contributed by atoms with Crippen LogP contribution in [0.4, 0.5) is 5.69 Å². The molecule has 0 spiro atoms. The van der Waals surface area contributed by atoms with Crippen LogP contribution in [0, 0.1) is 0 Å². The molecule has 0 saturated carbocycles. The number of rotatable bonds is 6. The van der Waals surface area contributed by atoms with Gasteiger partial charge in [0, 0.05) is 36.1 Å². The van der Waals surface area contributed by atoms with E-state index in [1.165, 1.54) is 11.8 Å². The largest absolute Gasteiger partial charge is 0.379 e. The normalized spacial score (nSPS) is 26.0. The topological polar surface area (TPSA) is 100 Å². The molecule has 0 aromatic heterocycles. The Morgan fingerprint density at radius 1 is 1.21 bits per heavy atom. The number of fused-ring (bicyclic) bond motifs is 1. The average molecular weight is 439 g/mol. The standard InChI is InChI=1S/C19H26N4O4S2/c24-18(20-6-1-7-23-8-10-27-11-9-23)14-2-4-15(5-3-14)21-19-22-16-12-29(25,26)13-17(16)28-19/h2-5,16-17H,1,6-13H2,(H,20,24)(H,21,22)/t16-,17+/m0/s1. The summed E-state index contributed by atoms with van der Waals surface area (Å²) in [5.74, 6) is 0.258. The van der Waals surface area contributed by atoms with Crippen molar-refractivity contribution in [3.05, 3.63) is 29.8 Å². The van der Waals surface area contributed by atoms with E-state index in [2.05, 4.69) is 20.5 Å². The highest BCUT2D eigenvalue weighted by atomic mass is 32.2. The third-order valence-electron chi connectivity index (χ3n) is 5.26. The molecule has 3 heterocycles. The van der Waals surface area contributed by atoms with Gasteiger partial charge in [-0.1, -0.05) is 11.8 Å². The maximum atomic E-state index is 12.3. The van der Waals surface area contributed by atoms with E-state index in [0.717, 1.165) is 50.1 Å². The lowest BCUT2D eigenvalue weighted by atomic mass is 10.2. The summed E-state index contributed by atoms with van der Waals surface area (Å²) in [5, 5.41) is 6.95. The second-order valence-corrected chi connectivity index (χ2v) is 10.9. The number of amides is 1. The molecule has 3 aliphatic rings. The first-order valence-electron chi connectivity index (χ1n) is 9.89. The minimum atomic E-state index is -2.94. The first kappa shape index (κ1) is 20.6. The average Bonchev–Trinajstić information content (AvgIpc) is 3.19. The number of hydrogen-bond donors (Lipinski definition) is 2. The number of ether oxygens (including phenoxy) is 1. The predicted molar refractivity (Wildman–Crippen MR) is 116 cm³/mol. The molecule has 158 valence electrons. The number of amidine groups is 1. The lowest BCUT2D eigenvalue weighted by Gasteiger charge is -2.26. The molecule has 10 heteroatoms. The SMILES string of the molecule is O=C(NCCCN1CCOCC1)c1ccc(NC2=N[C@H]3CS(=O)(=O)C[C@H]3S2)cc1. The molecule has 1 aromatic carbocycles. The Labute approximate surface area is 175 Å². The highest BCUT2D eigenvalue weighted by molar-refractivity contribution is 8.15. The summed E-state index contributed by atoms with van der Waals surface area (Å²) in [7, 11) is -2.94. The van der Waals surface area contributed by atoms with Crippen molar-refractivity contribution in [2.24, 2.45) is 4.99 Å². The van der Waals surface area contributed by atoms with Crippen LogP contribution in [0.25, 0.3) is 0 Å². The molecule has 0 unspecified atom stereocenters. The number of benzene rings is 1. The molecule has 8 nitrogen and oxygen atoms in total. The zero-order valence-electron chi connectivity index (χ0n) is 16.2. The van der Waals surface area contributed by atoms with E-state index in [1.54, 1.807) is 12.1 Å². The van der Waals surface area contributed by atoms with Gasteiger partial charge >= 0.3 is 0 Å². The number of sulfone groups is 1. The van der Waals surface area contributed by atoms with Crippen LogP contribution >= 0.6 is 11.8 Å². The molecular weight excluding hydrogens is 412 g/mol. The van der Waals surface area contributed by atoms with Crippen LogP contribution in [0.5, 0.6) is 0 Å². The van der Waals surface area contributed by atoms with Gasteiger partial charge in [-0.2, -0.15) is 0 Å². The monoisotopic (exact) mass is 438 g/mol. The quantitative estimate of drug-likeness (QED) is 0.634. The predicted octanol–water partition coefficient (Wildman–Crippen LogP) is 0.819. The fraction of sp³-hybridized carbons (Fsp3) is 0.579. The van der Waals surface area contributed by atoms with Gasteiger partial charge in [0.1, 0.15) is 0 Å². The van der Waals surface area contributed by atoms with Gasteiger partial charge in [0.15, 0.2) is 15.0 Å². The van der Waals surface area contributed by atoms with E-state index in [4.69, 9.17) is 4.74 Å². The third-order valence-corrected chi connectivity index (χ3v) is 8.40. The lowest BCUT2D eigenvalue weighted by molar-refractivity contribution is 0.0374. The maximum absolute atomic E-state index is 12.3. The van der Waals surface area contributed by atoms with Gasteiger partial charge in [-0.15, -0.1) is 0 Å². The van der Waals surface area contributed by atoms with Crippen LogP contribution in [0.1, 0.15) is 16.8 Å². The molecular formula is C19H26N4O4S2. The van der Waals surface area contributed by atoms with Crippen LogP contribution in [0.3, 0.4) is 0 Å². The van der Waals surface area contributed by atoms with Crippen LogP contribution < -0.4 is 10.6 Å². The second-order valence-electron chi connectivity index (χ2n) is 7.50. The molecule has 3 aliphatic heterocycles. The van der Waals surface area contributed by atoms with Crippen molar-refractivity contribution in [2.75, 3.05) is 56.2 Å². The van der Waals surface area contributed by atoms with Gasteiger partial charge in [0.25, 0.3) is 5.91 Å². The van der Waals surface area contributed by atoms with Gasteiger partial charge in [0.05, 0.1) is 30.8 Å². The summed E-state index contributed by atoms with van der Waals surface area (Å²) in [6.45, 7) is 5.12. The van der Waals surface area contributed by atoms with E-state index < -0.39 is 9.84 Å². The van der Waals surface area contributed by atoms with Crippen LogP contribution in [0.2, 0.25) is 0 Å². The molecule has 0 radical (unpaired) electrons. The molecule has 1 amide bonds. The van der Waals surface area contributed by atoms with Crippen molar-refractivity contribution in [3.63, 3.8) is 0 Å². The number of carbonyl (C=O) groups excluding carboxylic acids is 1. The summed E-state index contributed by atoms with van der Waals surface area (Å²) in [6.07, 6.45) is 0.917. The van der Waals surface area contributed by atoms with Gasteiger partial charge in [-0.3, -0.25) is 14.7 Å². The Bertz CT molecular complexity index is 867. The highest BCUT2D eigenvalue weighted by Crippen LogP contribution is 2.34. The molecule has 29 heavy (non-hydrogen) atoms. The number of nitrogens with one attached hydrogen (secondary N) is 2. The van der Waals surface area contributed by atoms with Crippen LogP contribution in [-0.4, -0.2) is 86.6 Å². The van der Waals surface area contributed by atoms with Crippen molar-refractivity contribution in [1.82, 2.24) is 10.2 Å². The van der Waals surface area contributed by atoms with Gasteiger partial charge in [-0.05, 0) is 37.2 Å². The number of morpholine rings is 1. The van der Waals surface area contributed by atoms with E-state index in [9.17, 15) is 13.2 Å². The fourth-order valence-corrected chi connectivity index (χ4v) is 7.35. The molecule has 2 atom stereocenters. The van der Waals surface area contributed by atoms with Crippen molar-refractivity contribution in [2.45, 2.75) is 17.7 Å². The Balaban J connectivity index is 1.21. The Morgan fingerprint density at radius 3 is 2.69 bits per heavy atom. The Kier molecular flexibility index (Phi) is 6.43. The third kappa shape index (κ3) is 5.50. The molecule has 2 N–H and O–H groups in total. The first-order chi connectivity index (χ1) is 14.0. The summed E-state index contributed by atoms with van der Waals surface area (Å²) in [4.78, 5) is 19.1. The molecule has 2 fully saturated rings. The van der Waals surface area contributed by atoms with Gasteiger partial charge in [0.2, 0.25) is 0 Å². The summed E-state index contributed by atoms with van der Waals surface area (Å²) in [5.41, 5.74) is 1.45. The number of nitrogens with zero attached hydrogens (tertiary/aromatic N) is 2.